The Labute approximate surface area is 88.9 Å². The van der Waals surface area contributed by atoms with Gasteiger partial charge in [0.15, 0.2) is 0 Å². The smallest absolute Gasteiger partial charge is 0.145 e. The number of pyridine rings is 1. The molecule has 0 spiro atoms. The lowest BCUT2D eigenvalue weighted by Gasteiger charge is -2.09. The van der Waals surface area contributed by atoms with Crippen molar-refractivity contribution in [2.24, 2.45) is 5.73 Å². The van der Waals surface area contributed by atoms with Crippen molar-refractivity contribution in [2.75, 3.05) is 7.11 Å². The van der Waals surface area contributed by atoms with Crippen LogP contribution in [0.5, 0.6) is 5.75 Å². The molecular formula is C12H14N2O. The van der Waals surface area contributed by atoms with Crippen LogP contribution in [-0.4, -0.2) is 12.1 Å². The third-order valence-corrected chi connectivity index (χ3v) is 2.67. The summed E-state index contributed by atoms with van der Waals surface area (Å²) in [5.74, 6) is 0.805. The van der Waals surface area contributed by atoms with Gasteiger partial charge in [-0.25, -0.2) is 0 Å². The highest BCUT2D eigenvalue weighted by molar-refractivity contribution is 5.87. The van der Waals surface area contributed by atoms with Gasteiger partial charge >= 0.3 is 0 Å². The first kappa shape index (κ1) is 9.93. The lowest BCUT2D eigenvalue weighted by molar-refractivity contribution is 0.419. The molecule has 2 aromatic rings. The van der Waals surface area contributed by atoms with Crippen LogP contribution in [0.2, 0.25) is 0 Å². The molecule has 1 aromatic carbocycles. The zero-order chi connectivity index (χ0) is 10.8. The molecule has 0 bridgehead atoms. The van der Waals surface area contributed by atoms with Crippen LogP contribution >= 0.6 is 0 Å². The van der Waals surface area contributed by atoms with Gasteiger partial charge in [0.2, 0.25) is 0 Å². The maximum absolute atomic E-state index is 5.64. The van der Waals surface area contributed by atoms with Gasteiger partial charge in [0.05, 0.1) is 7.11 Å². The molecule has 78 valence electrons. The Morgan fingerprint density at radius 2 is 2.20 bits per heavy atom. The molecule has 1 heterocycles. The molecule has 0 amide bonds. The molecule has 2 rings (SSSR count). The van der Waals surface area contributed by atoms with E-state index in [1.165, 1.54) is 5.56 Å². The SMILES string of the molecule is COc1cccc2c(C)c(CN)cnc12. The molecule has 3 heteroatoms. The van der Waals surface area contributed by atoms with Gasteiger partial charge in [-0.3, -0.25) is 4.98 Å². The van der Waals surface area contributed by atoms with Crippen LogP contribution in [-0.2, 0) is 6.54 Å². The maximum atomic E-state index is 5.64. The second kappa shape index (κ2) is 3.87. The van der Waals surface area contributed by atoms with Crippen molar-refractivity contribution >= 4 is 10.9 Å². The zero-order valence-corrected chi connectivity index (χ0v) is 8.95. The molecule has 3 nitrogen and oxygen atoms in total. The summed E-state index contributed by atoms with van der Waals surface area (Å²) >= 11 is 0. The molecule has 0 atom stereocenters. The minimum absolute atomic E-state index is 0.520. The predicted molar refractivity (Wildman–Crippen MR) is 60.9 cm³/mol. The number of nitrogens with zero attached hydrogens (tertiary/aromatic N) is 1. The molecule has 0 aliphatic rings. The first-order valence-electron chi connectivity index (χ1n) is 4.89. The van der Waals surface area contributed by atoms with Gasteiger partial charge in [-0.05, 0) is 24.1 Å². The topological polar surface area (TPSA) is 48.1 Å². The molecule has 1 aromatic heterocycles. The van der Waals surface area contributed by atoms with Crippen LogP contribution in [0, 0.1) is 6.92 Å². The third-order valence-electron chi connectivity index (χ3n) is 2.67. The number of aromatic nitrogens is 1. The van der Waals surface area contributed by atoms with Gasteiger partial charge in [-0.15, -0.1) is 0 Å². The highest BCUT2D eigenvalue weighted by Crippen LogP contribution is 2.26. The fourth-order valence-electron chi connectivity index (χ4n) is 1.74. The average molecular weight is 202 g/mol. The van der Waals surface area contributed by atoms with E-state index in [0.717, 1.165) is 22.2 Å². The van der Waals surface area contributed by atoms with E-state index in [-0.39, 0.29) is 0 Å². The zero-order valence-electron chi connectivity index (χ0n) is 8.95. The first-order chi connectivity index (χ1) is 7.27. The molecule has 0 aliphatic carbocycles. The van der Waals surface area contributed by atoms with Crippen LogP contribution < -0.4 is 10.5 Å². The Balaban J connectivity index is 2.78. The molecule has 0 saturated heterocycles. The number of benzene rings is 1. The van der Waals surface area contributed by atoms with E-state index >= 15 is 0 Å². The second-order valence-electron chi connectivity index (χ2n) is 3.47. The summed E-state index contributed by atoms with van der Waals surface area (Å²) in [7, 11) is 1.66. The fraction of sp³-hybridized carbons (Fsp3) is 0.250. The fourth-order valence-corrected chi connectivity index (χ4v) is 1.74. The monoisotopic (exact) mass is 202 g/mol. The summed E-state index contributed by atoms with van der Waals surface area (Å²) < 4.78 is 5.26. The molecule has 0 saturated carbocycles. The van der Waals surface area contributed by atoms with Gasteiger partial charge in [-0.2, -0.15) is 0 Å². The van der Waals surface area contributed by atoms with E-state index in [9.17, 15) is 0 Å². The summed E-state index contributed by atoms with van der Waals surface area (Å²) in [6, 6.07) is 5.92. The van der Waals surface area contributed by atoms with Gasteiger partial charge in [-0.1, -0.05) is 12.1 Å². The number of methoxy groups -OCH3 is 1. The Morgan fingerprint density at radius 3 is 2.87 bits per heavy atom. The second-order valence-corrected chi connectivity index (χ2v) is 3.47. The Hall–Kier alpha value is -1.61. The number of rotatable bonds is 2. The minimum atomic E-state index is 0.520. The van der Waals surface area contributed by atoms with Crippen molar-refractivity contribution in [1.29, 1.82) is 0 Å². The summed E-state index contributed by atoms with van der Waals surface area (Å²) in [6.45, 7) is 2.58. The number of ether oxygens (including phenoxy) is 1. The van der Waals surface area contributed by atoms with E-state index in [1.54, 1.807) is 7.11 Å². The minimum Gasteiger partial charge on any atom is -0.494 e. The van der Waals surface area contributed by atoms with Gasteiger partial charge < -0.3 is 10.5 Å². The molecule has 0 aliphatic heterocycles. The summed E-state index contributed by atoms with van der Waals surface area (Å²) in [4.78, 5) is 4.38. The van der Waals surface area contributed by atoms with E-state index in [0.29, 0.717) is 6.54 Å². The van der Waals surface area contributed by atoms with Crippen LogP contribution in [0.25, 0.3) is 10.9 Å². The van der Waals surface area contributed by atoms with Gasteiger partial charge in [0.25, 0.3) is 0 Å². The predicted octanol–water partition coefficient (Wildman–Crippen LogP) is 2.01. The molecule has 15 heavy (non-hydrogen) atoms. The Morgan fingerprint density at radius 1 is 1.40 bits per heavy atom. The number of hydrogen-bond donors (Lipinski definition) is 1. The Kier molecular flexibility index (Phi) is 2.56. The number of nitrogens with two attached hydrogens (primary N) is 1. The summed E-state index contributed by atoms with van der Waals surface area (Å²) in [5, 5.41) is 1.11. The molecule has 0 radical (unpaired) electrons. The van der Waals surface area contributed by atoms with E-state index in [4.69, 9.17) is 10.5 Å². The standard InChI is InChI=1S/C12H14N2O/c1-8-9(6-13)7-14-12-10(8)4-3-5-11(12)15-2/h3-5,7H,6,13H2,1-2H3. The highest BCUT2D eigenvalue weighted by Gasteiger charge is 2.06. The maximum Gasteiger partial charge on any atom is 0.145 e. The van der Waals surface area contributed by atoms with Crippen molar-refractivity contribution in [2.45, 2.75) is 13.5 Å². The molecule has 0 fully saturated rings. The normalized spacial score (nSPS) is 10.6. The van der Waals surface area contributed by atoms with E-state index in [1.807, 2.05) is 24.4 Å². The lowest BCUT2D eigenvalue weighted by atomic mass is 10.0. The Bertz CT molecular complexity index is 494. The van der Waals surface area contributed by atoms with Crippen LogP contribution in [0.4, 0.5) is 0 Å². The number of aryl methyl sites for hydroxylation is 1. The van der Waals surface area contributed by atoms with E-state index in [2.05, 4.69) is 11.9 Å². The summed E-state index contributed by atoms with van der Waals surface area (Å²) in [5.41, 5.74) is 8.80. The van der Waals surface area contributed by atoms with Crippen molar-refractivity contribution in [1.82, 2.24) is 4.98 Å². The third kappa shape index (κ3) is 1.55. The largest absolute Gasteiger partial charge is 0.494 e. The first-order valence-corrected chi connectivity index (χ1v) is 4.89. The molecule has 2 N–H and O–H groups in total. The highest BCUT2D eigenvalue weighted by atomic mass is 16.5. The van der Waals surface area contributed by atoms with Gasteiger partial charge in [0.1, 0.15) is 11.3 Å². The van der Waals surface area contributed by atoms with Crippen LogP contribution in [0.15, 0.2) is 24.4 Å². The average Bonchev–Trinajstić information content (AvgIpc) is 2.29. The van der Waals surface area contributed by atoms with E-state index < -0.39 is 0 Å². The van der Waals surface area contributed by atoms with Crippen molar-refractivity contribution in [3.63, 3.8) is 0 Å². The van der Waals surface area contributed by atoms with Crippen molar-refractivity contribution < 1.29 is 4.74 Å². The summed E-state index contributed by atoms with van der Waals surface area (Å²) in [6.07, 6.45) is 1.82. The molecule has 0 unspecified atom stereocenters. The van der Waals surface area contributed by atoms with Crippen LogP contribution in [0.3, 0.4) is 0 Å². The van der Waals surface area contributed by atoms with Crippen molar-refractivity contribution in [3.8, 4) is 5.75 Å². The number of para-hydroxylation sites is 1. The quantitative estimate of drug-likeness (QED) is 0.810. The van der Waals surface area contributed by atoms with Crippen molar-refractivity contribution in [3.05, 3.63) is 35.5 Å². The lowest BCUT2D eigenvalue weighted by Crippen LogP contribution is -2.01. The number of hydrogen-bond acceptors (Lipinski definition) is 3. The molecular weight excluding hydrogens is 188 g/mol. The number of fused-ring (bicyclic) bond motifs is 1. The van der Waals surface area contributed by atoms with Gasteiger partial charge in [0, 0.05) is 18.1 Å². The van der Waals surface area contributed by atoms with Crippen LogP contribution in [0.1, 0.15) is 11.1 Å².